The summed E-state index contributed by atoms with van der Waals surface area (Å²) in [7, 11) is 0. The maximum absolute atomic E-state index is 10.3. The summed E-state index contributed by atoms with van der Waals surface area (Å²) < 4.78 is 0. The number of fused-ring (bicyclic) bond motifs is 2. The molecule has 2 saturated carbocycles. The Morgan fingerprint density at radius 3 is 1.86 bits per heavy atom. The Morgan fingerprint density at radius 2 is 1.43 bits per heavy atom. The Kier molecular flexibility index (Phi) is 2.04. The molecule has 0 spiro atoms. The van der Waals surface area contributed by atoms with E-state index in [2.05, 4.69) is 13.8 Å². The number of hydrogen-bond donors (Lipinski definition) is 2. The van der Waals surface area contributed by atoms with Gasteiger partial charge in [0, 0.05) is 6.04 Å². The van der Waals surface area contributed by atoms with Gasteiger partial charge >= 0.3 is 0 Å². The molecular weight excluding hydrogens is 174 g/mol. The van der Waals surface area contributed by atoms with Crippen molar-refractivity contribution < 1.29 is 5.11 Å². The largest absolute Gasteiger partial charge is 0.390 e. The van der Waals surface area contributed by atoms with Crippen LogP contribution in [-0.2, 0) is 0 Å². The van der Waals surface area contributed by atoms with Gasteiger partial charge in [-0.25, -0.2) is 0 Å². The van der Waals surface area contributed by atoms with E-state index in [0.717, 1.165) is 25.7 Å². The standard InChI is InChI=1S/C12H23NO/c1-10-4-9(13)5-11(2,6-10)8-12(3,14)7-10/h9,14H,4-8,13H2,1-3H3/t9?,10-,11+,12?. The van der Waals surface area contributed by atoms with Crippen LogP contribution in [0.25, 0.3) is 0 Å². The van der Waals surface area contributed by atoms with Crippen LogP contribution in [0.1, 0.15) is 52.9 Å². The molecular formula is C12H23NO. The molecule has 0 radical (unpaired) electrons. The van der Waals surface area contributed by atoms with Crippen molar-refractivity contribution >= 4 is 0 Å². The average Bonchev–Trinajstić information content (AvgIpc) is 1.71. The molecule has 2 heteroatoms. The van der Waals surface area contributed by atoms with Gasteiger partial charge < -0.3 is 10.8 Å². The van der Waals surface area contributed by atoms with E-state index < -0.39 is 5.60 Å². The average molecular weight is 197 g/mol. The lowest BCUT2D eigenvalue weighted by Gasteiger charge is -2.56. The molecule has 2 fully saturated rings. The molecule has 14 heavy (non-hydrogen) atoms. The van der Waals surface area contributed by atoms with Crippen molar-refractivity contribution in [3.63, 3.8) is 0 Å². The molecule has 0 amide bonds. The Labute approximate surface area is 86.9 Å². The van der Waals surface area contributed by atoms with E-state index in [1.54, 1.807) is 0 Å². The quantitative estimate of drug-likeness (QED) is 0.624. The van der Waals surface area contributed by atoms with E-state index in [1.165, 1.54) is 6.42 Å². The maximum Gasteiger partial charge on any atom is 0.0630 e. The van der Waals surface area contributed by atoms with Gasteiger partial charge in [-0.3, -0.25) is 0 Å². The van der Waals surface area contributed by atoms with Crippen LogP contribution in [0.2, 0.25) is 0 Å². The fourth-order valence-corrected chi connectivity index (χ4v) is 4.68. The van der Waals surface area contributed by atoms with Gasteiger partial charge in [0.1, 0.15) is 0 Å². The molecule has 0 aromatic heterocycles. The third kappa shape index (κ3) is 1.82. The van der Waals surface area contributed by atoms with Gasteiger partial charge in [0.25, 0.3) is 0 Å². The molecule has 2 nitrogen and oxygen atoms in total. The van der Waals surface area contributed by atoms with E-state index in [9.17, 15) is 5.11 Å². The molecule has 2 aliphatic rings. The van der Waals surface area contributed by atoms with Crippen molar-refractivity contribution in [3.05, 3.63) is 0 Å². The smallest absolute Gasteiger partial charge is 0.0630 e. The van der Waals surface area contributed by atoms with Gasteiger partial charge in [-0.05, 0) is 49.9 Å². The first kappa shape index (κ1) is 10.4. The van der Waals surface area contributed by atoms with Gasteiger partial charge in [-0.15, -0.1) is 0 Å². The normalized spacial score (nSPS) is 58.5. The Balaban J connectivity index is 2.28. The summed E-state index contributed by atoms with van der Waals surface area (Å²) in [5.41, 5.74) is 6.18. The van der Waals surface area contributed by atoms with Crippen molar-refractivity contribution in [2.75, 3.05) is 0 Å². The topological polar surface area (TPSA) is 46.2 Å². The van der Waals surface area contributed by atoms with E-state index in [-0.39, 0.29) is 10.8 Å². The summed E-state index contributed by atoms with van der Waals surface area (Å²) in [5.74, 6) is 0. The summed E-state index contributed by atoms with van der Waals surface area (Å²) in [6, 6.07) is 0.342. The van der Waals surface area contributed by atoms with Gasteiger partial charge in [0.2, 0.25) is 0 Å². The van der Waals surface area contributed by atoms with Crippen molar-refractivity contribution in [3.8, 4) is 0 Å². The van der Waals surface area contributed by atoms with E-state index in [4.69, 9.17) is 5.73 Å². The second-order valence-electron chi connectivity index (χ2n) is 6.82. The van der Waals surface area contributed by atoms with Gasteiger partial charge in [-0.2, -0.15) is 0 Å². The van der Waals surface area contributed by atoms with Crippen molar-refractivity contribution in [2.24, 2.45) is 16.6 Å². The van der Waals surface area contributed by atoms with Crippen molar-refractivity contribution in [1.82, 2.24) is 0 Å². The molecule has 4 atom stereocenters. The lowest BCUT2D eigenvalue weighted by atomic mass is 9.51. The fraction of sp³-hybridized carbons (Fsp3) is 1.00. The molecule has 0 saturated heterocycles. The lowest BCUT2D eigenvalue weighted by Crippen LogP contribution is -2.53. The number of aliphatic hydroxyl groups is 1. The zero-order chi connectivity index (χ0) is 10.6. The minimum Gasteiger partial charge on any atom is -0.390 e. The van der Waals surface area contributed by atoms with E-state index in [0.29, 0.717) is 6.04 Å². The Hall–Kier alpha value is -0.0800. The molecule has 2 aliphatic carbocycles. The summed E-state index contributed by atoms with van der Waals surface area (Å²) in [5, 5.41) is 10.3. The highest BCUT2D eigenvalue weighted by molar-refractivity contribution is 5.04. The fourth-order valence-electron chi connectivity index (χ4n) is 4.68. The Morgan fingerprint density at radius 1 is 1.00 bits per heavy atom. The molecule has 0 heterocycles. The van der Waals surface area contributed by atoms with Crippen LogP contribution in [0.3, 0.4) is 0 Å². The Bertz CT molecular complexity index is 221. The highest BCUT2D eigenvalue weighted by atomic mass is 16.3. The van der Waals surface area contributed by atoms with Crippen LogP contribution < -0.4 is 5.73 Å². The van der Waals surface area contributed by atoms with Crippen LogP contribution in [0.5, 0.6) is 0 Å². The second-order valence-corrected chi connectivity index (χ2v) is 6.82. The molecule has 0 aromatic carbocycles. The van der Waals surface area contributed by atoms with Gasteiger partial charge in [0.05, 0.1) is 5.60 Å². The second kappa shape index (κ2) is 2.73. The molecule has 0 aliphatic heterocycles. The van der Waals surface area contributed by atoms with E-state index >= 15 is 0 Å². The first-order valence-corrected chi connectivity index (χ1v) is 5.70. The molecule has 82 valence electrons. The van der Waals surface area contributed by atoms with Crippen LogP contribution in [0.4, 0.5) is 0 Å². The summed E-state index contributed by atoms with van der Waals surface area (Å²) in [6.07, 6.45) is 5.24. The first-order chi connectivity index (χ1) is 6.22. The highest BCUT2D eigenvalue weighted by Crippen LogP contribution is 2.57. The summed E-state index contributed by atoms with van der Waals surface area (Å²) >= 11 is 0. The third-order valence-electron chi connectivity index (χ3n) is 3.98. The molecule has 2 bridgehead atoms. The number of rotatable bonds is 0. The van der Waals surface area contributed by atoms with Gasteiger partial charge in [0.15, 0.2) is 0 Å². The van der Waals surface area contributed by atoms with Crippen molar-refractivity contribution in [1.29, 1.82) is 0 Å². The van der Waals surface area contributed by atoms with E-state index in [1.807, 2.05) is 6.92 Å². The molecule has 0 aromatic rings. The summed E-state index contributed by atoms with van der Waals surface area (Å²) in [4.78, 5) is 0. The minimum atomic E-state index is -0.470. The monoisotopic (exact) mass is 197 g/mol. The maximum atomic E-state index is 10.3. The lowest BCUT2D eigenvalue weighted by molar-refractivity contribution is -0.112. The van der Waals surface area contributed by atoms with Gasteiger partial charge in [-0.1, -0.05) is 13.8 Å². The van der Waals surface area contributed by atoms with Crippen LogP contribution in [0.15, 0.2) is 0 Å². The first-order valence-electron chi connectivity index (χ1n) is 5.70. The van der Waals surface area contributed by atoms with Crippen molar-refractivity contribution in [2.45, 2.75) is 64.5 Å². The molecule has 3 N–H and O–H groups in total. The predicted molar refractivity (Wildman–Crippen MR) is 57.9 cm³/mol. The molecule has 2 unspecified atom stereocenters. The van der Waals surface area contributed by atoms with Crippen LogP contribution >= 0.6 is 0 Å². The van der Waals surface area contributed by atoms with Crippen LogP contribution in [0, 0.1) is 10.8 Å². The predicted octanol–water partition coefficient (Wildman–Crippen LogP) is 2.05. The SMILES string of the molecule is CC1(O)C[C@]2(C)CC(N)C[C@](C)(C1)C2. The van der Waals surface area contributed by atoms with Crippen LogP contribution in [-0.4, -0.2) is 16.7 Å². The highest BCUT2D eigenvalue weighted by Gasteiger charge is 2.52. The third-order valence-corrected chi connectivity index (χ3v) is 3.98. The minimum absolute atomic E-state index is 0.272. The summed E-state index contributed by atoms with van der Waals surface area (Å²) in [6.45, 7) is 6.56. The number of nitrogens with two attached hydrogens (primary N) is 1. The number of hydrogen-bond acceptors (Lipinski definition) is 2. The zero-order valence-electron chi connectivity index (χ0n) is 9.64. The zero-order valence-corrected chi connectivity index (χ0v) is 9.64. The molecule has 2 rings (SSSR count).